The number of benzene rings is 1. The molecule has 1 aromatic carbocycles. The van der Waals surface area contributed by atoms with Crippen LogP contribution in [-0.2, 0) is 6.54 Å². The Balaban J connectivity index is 1.88. The Morgan fingerprint density at radius 3 is 2.68 bits per heavy atom. The molecule has 0 radical (unpaired) electrons. The van der Waals surface area contributed by atoms with E-state index in [-0.39, 0.29) is 11.4 Å². The van der Waals surface area contributed by atoms with Crippen LogP contribution < -0.4 is 10.6 Å². The number of aryl methyl sites for hydroxylation is 1. The topological polar surface area (TPSA) is 82.7 Å². The van der Waals surface area contributed by atoms with Crippen molar-refractivity contribution in [1.29, 1.82) is 0 Å². The zero-order chi connectivity index (χ0) is 17.8. The number of nitrogens with zero attached hydrogens (tertiary/aromatic N) is 2. The lowest BCUT2D eigenvalue weighted by Gasteiger charge is -2.22. The first-order valence-corrected chi connectivity index (χ1v) is 8.38. The first-order chi connectivity index (χ1) is 11.8. The molecular weight excluding hydrogens is 314 g/mol. The van der Waals surface area contributed by atoms with Gasteiger partial charge in [-0.3, -0.25) is 4.79 Å². The molecule has 4 rings (SSSR count). The number of amides is 1. The zero-order valence-corrected chi connectivity index (χ0v) is 14.8. The maximum absolute atomic E-state index is 11.9. The highest BCUT2D eigenvalue weighted by Gasteiger charge is 2.23. The molecule has 1 aliphatic rings. The molecule has 0 unspecified atom stereocenters. The van der Waals surface area contributed by atoms with Crippen LogP contribution in [-0.4, -0.2) is 26.4 Å². The van der Waals surface area contributed by atoms with Crippen LogP contribution in [0.25, 0.3) is 22.3 Å². The Kier molecular flexibility index (Phi) is 3.32. The molecule has 0 atom stereocenters. The summed E-state index contributed by atoms with van der Waals surface area (Å²) in [5.74, 6) is 0.749. The van der Waals surface area contributed by atoms with E-state index < -0.39 is 0 Å². The van der Waals surface area contributed by atoms with Gasteiger partial charge in [-0.05, 0) is 39.8 Å². The number of aromatic nitrogens is 3. The lowest BCUT2D eigenvalue weighted by atomic mass is 10.1. The van der Waals surface area contributed by atoms with Gasteiger partial charge in [-0.15, -0.1) is 0 Å². The zero-order valence-electron chi connectivity index (χ0n) is 14.8. The second-order valence-electron chi connectivity index (χ2n) is 7.46. The van der Waals surface area contributed by atoms with Crippen LogP contribution in [0, 0.1) is 6.92 Å². The van der Waals surface area contributed by atoms with Crippen LogP contribution in [0.1, 0.15) is 42.5 Å². The molecule has 0 saturated heterocycles. The molecule has 1 aliphatic heterocycles. The number of para-hydroxylation sites is 1. The van der Waals surface area contributed by atoms with E-state index in [1.54, 1.807) is 0 Å². The average molecular weight is 335 g/mol. The minimum atomic E-state index is -0.103. The largest absolute Gasteiger partial charge is 0.364 e. The lowest BCUT2D eigenvalue weighted by molar-refractivity contribution is 0.0966. The Bertz CT molecular complexity index is 997. The van der Waals surface area contributed by atoms with Gasteiger partial charge in [0.15, 0.2) is 0 Å². The van der Waals surface area contributed by atoms with Gasteiger partial charge >= 0.3 is 0 Å². The van der Waals surface area contributed by atoms with Crippen molar-refractivity contribution in [3.63, 3.8) is 0 Å². The van der Waals surface area contributed by atoms with Crippen molar-refractivity contribution in [2.75, 3.05) is 5.32 Å². The van der Waals surface area contributed by atoms with E-state index in [4.69, 9.17) is 9.97 Å². The minimum absolute atomic E-state index is 0.0326. The van der Waals surface area contributed by atoms with Crippen LogP contribution >= 0.6 is 0 Å². The van der Waals surface area contributed by atoms with E-state index in [0.717, 1.165) is 39.5 Å². The van der Waals surface area contributed by atoms with E-state index in [2.05, 4.69) is 36.4 Å². The second-order valence-corrected chi connectivity index (χ2v) is 7.46. The number of rotatable bonds is 2. The highest BCUT2D eigenvalue weighted by Crippen LogP contribution is 2.31. The van der Waals surface area contributed by atoms with Gasteiger partial charge in [0.1, 0.15) is 11.3 Å². The number of carbonyl (C=O) groups excluding carboxylic acids is 1. The van der Waals surface area contributed by atoms with E-state index in [9.17, 15) is 4.79 Å². The second kappa shape index (κ2) is 5.31. The normalized spacial score (nSPS) is 13.8. The number of anilines is 1. The van der Waals surface area contributed by atoms with Crippen molar-refractivity contribution >= 4 is 22.8 Å². The predicted octanol–water partition coefficient (Wildman–Crippen LogP) is 3.39. The molecular formula is C19H21N5O. The molecule has 0 aliphatic carbocycles. The van der Waals surface area contributed by atoms with Crippen molar-refractivity contribution in [1.82, 2.24) is 20.3 Å². The van der Waals surface area contributed by atoms with Crippen molar-refractivity contribution in [3.8, 4) is 11.3 Å². The summed E-state index contributed by atoms with van der Waals surface area (Å²) in [6, 6.07) is 7.83. The summed E-state index contributed by atoms with van der Waals surface area (Å²) < 4.78 is 0. The maximum atomic E-state index is 11.9. The third-order valence-corrected chi connectivity index (χ3v) is 4.22. The number of H-pyrrole nitrogens is 1. The van der Waals surface area contributed by atoms with Crippen LogP contribution in [0.15, 0.2) is 24.3 Å². The maximum Gasteiger partial charge on any atom is 0.253 e. The van der Waals surface area contributed by atoms with Crippen LogP contribution in [0.4, 0.5) is 5.82 Å². The molecule has 0 bridgehead atoms. The van der Waals surface area contributed by atoms with Crippen molar-refractivity contribution in [3.05, 3.63) is 41.2 Å². The quantitative estimate of drug-likeness (QED) is 0.670. The molecule has 3 aromatic rings. The molecule has 6 heteroatoms. The van der Waals surface area contributed by atoms with Crippen molar-refractivity contribution < 1.29 is 4.79 Å². The smallest absolute Gasteiger partial charge is 0.253 e. The third kappa shape index (κ3) is 2.73. The lowest BCUT2D eigenvalue weighted by Crippen LogP contribution is -2.27. The summed E-state index contributed by atoms with van der Waals surface area (Å²) in [7, 11) is 0. The Morgan fingerprint density at radius 2 is 1.96 bits per heavy atom. The Labute approximate surface area is 146 Å². The van der Waals surface area contributed by atoms with Crippen LogP contribution in [0.3, 0.4) is 0 Å². The number of fused-ring (bicyclic) bond motifs is 2. The molecule has 0 spiro atoms. The van der Waals surface area contributed by atoms with Gasteiger partial charge in [0.25, 0.3) is 5.91 Å². The fraction of sp³-hybridized carbons (Fsp3) is 0.316. The number of nitrogens with one attached hydrogen (secondary N) is 3. The minimum Gasteiger partial charge on any atom is -0.364 e. The van der Waals surface area contributed by atoms with Gasteiger partial charge in [-0.1, -0.05) is 12.1 Å². The first kappa shape index (κ1) is 15.6. The summed E-state index contributed by atoms with van der Waals surface area (Å²) in [4.78, 5) is 24.8. The molecule has 2 aromatic heterocycles. The number of aromatic amines is 1. The first-order valence-electron chi connectivity index (χ1n) is 8.38. The van der Waals surface area contributed by atoms with Crippen LogP contribution in [0.2, 0.25) is 0 Å². The monoisotopic (exact) mass is 335 g/mol. The van der Waals surface area contributed by atoms with E-state index in [0.29, 0.717) is 12.1 Å². The van der Waals surface area contributed by atoms with E-state index in [1.807, 2.05) is 31.2 Å². The van der Waals surface area contributed by atoms with Gasteiger partial charge in [-0.25, -0.2) is 9.97 Å². The fourth-order valence-corrected chi connectivity index (χ4v) is 3.10. The molecule has 128 valence electrons. The van der Waals surface area contributed by atoms with Gasteiger partial charge < -0.3 is 15.6 Å². The number of hydrogen-bond donors (Lipinski definition) is 3. The molecule has 1 amide bonds. The molecule has 3 heterocycles. The van der Waals surface area contributed by atoms with Gasteiger partial charge in [0.2, 0.25) is 0 Å². The molecule has 0 fully saturated rings. The summed E-state index contributed by atoms with van der Waals surface area (Å²) in [5.41, 5.74) is 5.90. The molecule has 0 saturated carbocycles. The summed E-state index contributed by atoms with van der Waals surface area (Å²) in [5, 5.41) is 6.23. The average Bonchev–Trinajstić information content (AvgIpc) is 3.09. The highest BCUT2D eigenvalue weighted by molar-refractivity contribution is 6.00. The highest BCUT2D eigenvalue weighted by atomic mass is 16.1. The Hall–Kier alpha value is -2.89. The van der Waals surface area contributed by atoms with E-state index in [1.165, 1.54) is 0 Å². The predicted molar refractivity (Wildman–Crippen MR) is 98.6 cm³/mol. The number of carbonyl (C=O) groups is 1. The summed E-state index contributed by atoms with van der Waals surface area (Å²) in [6.45, 7) is 8.79. The van der Waals surface area contributed by atoms with Crippen molar-refractivity contribution in [2.45, 2.75) is 39.8 Å². The molecule has 3 N–H and O–H groups in total. The van der Waals surface area contributed by atoms with Gasteiger partial charge in [-0.2, -0.15) is 0 Å². The Morgan fingerprint density at radius 1 is 1.16 bits per heavy atom. The van der Waals surface area contributed by atoms with Crippen molar-refractivity contribution in [2.24, 2.45) is 0 Å². The summed E-state index contributed by atoms with van der Waals surface area (Å²) in [6.07, 6.45) is 0. The van der Waals surface area contributed by atoms with E-state index >= 15 is 0 Å². The van der Waals surface area contributed by atoms with Gasteiger partial charge in [0, 0.05) is 22.5 Å². The SMILES string of the molecule is Cc1nc2cccc(-c3cc4c([nH]3)CNC4=O)c2nc1NC(C)(C)C. The van der Waals surface area contributed by atoms with Gasteiger partial charge in [0.05, 0.1) is 23.3 Å². The van der Waals surface area contributed by atoms with Crippen LogP contribution in [0.5, 0.6) is 0 Å². The fourth-order valence-electron chi connectivity index (χ4n) is 3.10. The standard InChI is InChI=1S/C19H21N5O/c1-10-17(24-19(2,3)4)23-16-11(6-5-7-13(16)21-10)14-8-12-15(22-14)9-20-18(12)25/h5-8,22H,9H2,1-4H3,(H,20,25)(H,23,24). The molecule has 25 heavy (non-hydrogen) atoms. The summed E-state index contributed by atoms with van der Waals surface area (Å²) >= 11 is 0. The molecule has 6 nitrogen and oxygen atoms in total. The number of hydrogen-bond acceptors (Lipinski definition) is 4. The third-order valence-electron chi connectivity index (χ3n) is 4.22.